The zero-order valence-electron chi connectivity index (χ0n) is 17.7. The summed E-state index contributed by atoms with van der Waals surface area (Å²) >= 11 is 0. The number of aliphatic hydroxyl groups is 1. The van der Waals surface area contributed by atoms with E-state index >= 15 is 0 Å². The summed E-state index contributed by atoms with van der Waals surface area (Å²) in [6.45, 7) is 2.95. The maximum Gasteiger partial charge on any atom is 0.325 e. The van der Waals surface area contributed by atoms with Gasteiger partial charge in [-0.1, -0.05) is 30.3 Å². The molecule has 31 heavy (non-hydrogen) atoms. The second kappa shape index (κ2) is 10.9. The Morgan fingerprint density at radius 1 is 1.16 bits per heavy atom. The molecule has 1 fully saturated rings. The quantitative estimate of drug-likeness (QED) is 0.333. The summed E-state index contributed by atoms with van der Waals surface area (Å²) in [4.78, 5) is 50.3. The fraction of sp³-hybridized carbons (Fsp3) is 0.524. The standard InChI is InChI=1S/C21H30N4O6/c1-12(21(30)31)23-19(28)16-9-6-10-25(16)20(29)17(13(2)26)24-18(27)15(22)11-14-7-4-3-5-8-14/h3-5,7-8,12-13,15-17,26H,6,9-11,22H2,1-2H3,(H,23,28)(H,24,27)(H,30,31). The lowest BCUT2D eigenvalue weighted by Crippen LogP contribution is -2.59. The van der Waals surface area contributed by atoms with Gasteiger partial charge in [-0.2, -0.15) is 0 Å². The molecule has 1 aromatic rings. The molecule has 3 amide bonds. The van der Waals surface area contributed by atoms with Crippen molar-refractivity contribution in [1.82, 2.24) is 15.5 Å². The third kappa shape index (κ3) is 6.50. The third-order valence-corrected chi connectivity index (χ3v) is 5.25. The molecule has 2 rings (SSSR count). The topological polar surface area (TPSA) is 162 Å². The number of carboxylic acids is 1. The molecule has 6 N–H and O–H groups in total. The monoisotopic (exact) mass is 434 g/mol. The van der Waals surface area contributed by atoms with Gasteiger partial charge in [0.1, 0.15) is 18.1 Å². The van der Waals surface area contributed by atoms with Crippen molar-refractivity contribution in [2.45, 2.75) is 63.4 Å². The van der Waals surface area contributed by atoms with Crippen LogP contribution in [0, 0.1) is 0 Å². The van der Waals surface area contributed by atoms with Crippen LogP contribution in [0.1, 0.15) is 32.3 Å². The molecule has 10 nitrogen and oxygen atoms in total. The van der Waals surface area contributed by atoms with Crippen molar-refractivity contribution in [2.24, 2.45) is 5.73 Å². The minimum absolute atomic E-state index is 0.257. The van der Waals surface area contributed by atoms with E-state index in [2.05, 4.69) is 10.6 Å². The molecule has 1 aromatic carbocycles. The van der Waals surface area contributed by atoms with Crippen LogP contribution in [0.25, 0.3) is 0 Å². The summed E-state index contributed by atoms with van der Waals surface area (Å²) in [7, 11) is 0. The largest absolute Gasteiger partial charge is 0.480 e. The molecule has 1 aliphatic rings. The molecule has 5 atom stereocenters. The van der Waals surface area contributed by atoms with Crippen molar-refractivity contribution >= 4 is 23.7 Å². The van der Waals surface area contributed by atoms with Crippen molar-refractivity contribution in [3.8, 4) is 0 Å². The van der Waals surface area contributed by atoms with E-state index in [1.54, 1.807) is 0 Å². The van der Waals surface area contributed by atoms with Crippen LogP contribution < -0.4 is 16.4 Å². The number of carbonyl (C=O) groups is 4. The zero-order chi connectivity index (χ0) is 23.1. The predicted molar refractivity (Wildman–Crippen MR) is 112 cm³/mol. The van der Waals surface area contributed by atoms with Gasteiger partial charge in [-0.25, -0.2) is 0 Å². The minimum atomic E-state index is -1.28. The number of aliphatic carboxylic acids is 1. The maximum absolute atomic E-state index is 13.1. The van der Waals surface area contributed by atoms with E-state index in [9.17, 15) is 24.3 Å². The molecule has 0 aliphatic carbocycles. The van der Waals surface area contributed by atoms with Gasteiger partial charge in [0.15, 0.2) is 0 Å². The minimum Gasteiger partial charge on any atom is -0.480 e. The first-order valence-corrected chi connectivity index (χ1v) is 10.2. The van der Waals surface area contributed by atoms with E-state index < -0.39 is 54.0 Å². The molecule has 1 aliphatic heterocycles. The van der Waals surface area contributed by atoms with Crippen LogP contribution in [-0.4, -0.2) is 75.6 Å². The fourth-order valence-electron chi connectivity index (χ4n) is 3.46. The first-order valence-electron chi connectivity index (χ1n) is 10.2. The smallest absolute Gasteiger partial charge is 0.325 e. The number of likely N-dealkylation sites (tertiary alicyclic amines) is 1. The number of rotatable bonds is 9. The van der Waals surface area contributed by atoms with Gasteiger partial charge in [0.2, 0.25) is 17.7 Å². The van der Waals surface area contributed by atoms with Crippen molar-refractivity contribution in [3.05, 3.63) is 35.9 Å². The number of benzene rings is 1. The molecule has 10 heteroatoms. The van der Waals surface area contributed by atoms with Gasteiger partial charge in [0.25, 0.3) is 0 Å². The molecule has 1 heterocycles. The molecule has 0 saturated carbocycles. The Hall–Kier alpha value is -2.98. The number of hydrogen-bond acceptors (Lipinski definition) is 6. The van der Waals surface area contributed by atoms with Gasteiger partial charge >= 0.3 is 5.97 Å². The molecule has 5 unspecified atom stereocenters. The van der Waals surface area contributed by atoms with Gasteiger partial charge < -0.3 is 31.5 Å². The number of hydrogen-bond donors (Lipinski definition) is 5. The second-order valence-electron chi connectivity index (χ2n) is 7.78. The van der Waals surface area contributed by atoms with Gasteiger partial charge in [-0.3, -0.25) is 19.2 Å². The van der Waals surface area contributed by atoms with E-state index in [1.807, 2.05) is 30.3 Å². The summed E-state index contributed by atoms with van der Waals surface area (Å²) in [5.74, 6) is -2.98. The van der Waals surface area contributed by atoms with E-state index in [4.69, 9.17) is 10.8 Å². The number of nitrogens with zero attached hydrogens (tertiary/aromatic N) is 1. The van der Waals surface area contributed by atoms with Crippen molar-refractivity contribution < 1.29 is 29.4 Å². The van der Waals surface area contributed by atoms with Gasteiger partial charge in [0, 0.05) is 6.54 Å². The zero-order valence-corrected chi connectivity index (χ0v) is 17.7. The van der Waals surface area contributed by atoms with Crippen LogP contribution in [0.3, 0.4) is 0 Å². The summed E-state index contributed by atoms with van der Waals surface area (Å²) in [6, 6.07) is 4.98. The molecule has 1 saturated heterocycles. The van der Waals surface area contributed by atoms with Crippen LogP contribution in [0.4, 0.5) is 0 Å². The van der Waals surface area contributed by atoms with Gasteiger partial charge in [-0.05, 0) is 38.7 Å². The first-order chi connectivity index (χ1) is 14.6. The summed E-state index contributed by atoms with van der Waals surface area (Å²) in [5.41, 5.74) is 6.83. The number of amides is 3. The summed E-state index contributed by atoms with van der Waals surface area (Å²) in [6.07, 6.45) is -0.0607. The number of nitrogens with two attached hydrogens (primary N) is 1. The lowest BCUT2D eigenvalue weighted by Gasteiger charge is -2.30. The summed E-state index contributed by atoms with van der Waals surface area (Å²) < 4.78 is 0. The Morgan fingerprint density at radius 2 is 1.81 bits per heavy atom. The van der Waals surface area contributed by atoms with Crippen LogP contribution in [0.15, 0.2) is 30.3 Å². The van der Waals surface area contributed by atoms with Crippen LogP contribution >= 0.6 is 0 Å². The maximum atomic E-state index is 13.1. The molecule has 0 bridgehead atoms. The Balaban J connectivity index is 2.05. The van der Waals surface area contributed by atoms with E-state index in [1.165, 1.54) is 18.7 Å². The highest BCUT2D eigenvalue weighted by molar-refractivity contribution is 5.94. The van der Waals surface area contributed by atoms with Crippen molar-refractivity contribution in [1.29, 1.82) is 0 Å². The second-order valence-corrected chi connectivity index (χ2v) is 7.78. The van der Waals surface area contributed by atoms with Crippen LogP contribution in [-0.2, 0) is 25.6 Å². The molecule has 0 radical (unpaired) electrons. The third-order valence-electron chi connectivity index (χ3n) is 5.25. The van der Waals surface area contributed by atoms with E-state index in [-0.39, 0.29) is 13.0 Å². The Kier molecular flexibility index (Phi) is 8.52. The number of aliphatic hydroxyl groups excluding tert-OH is 1. The van der Waals surface area contributed by atoms with Gasteiger partial charge in [0.05, 0.1) is 12.1 Å². The molecule has 0 aromatic heterocycles. The fourth-order valence-corrected chi connectivity index (χ4v) is 3.46. The molecule has 170 valence electrons. The highest BCUT2D eigenvalue weighted by Gasteiger charge is 2.40. The van der Waals surface area contributed by atoms with Crippen molar-refractivity contribution in [3.63, 3.8) is 0 Å². The molecule has 0 spiro atoms. The lowest BCUT2D eigenvalue weighted by atomic mass is 10.0. The Morgan fingerprint density at radius 3 is 2.39 bits per heavy atom. The van der Waals surface area contributed by atoms with E-state index in [0.717, 1.165) is 5.56 Å². The van der Waals surface area contributed by atoms with E-state index in [0.29, 0.717) is 12.8 Å². The normalized spacial score (nSPS) is 19.7. The number of carboxylic acid groups (broad SMARTS) is 1. The SMILES string of the molecule is CC(NC(=O)C1CCCN1C(=O)C(NC(=O)C(N)Cc1ccccc1)C(C)O)C(=O)O. The van der Waals surface area contributed by atoms with Crippen LogP contribution in [0.2, 0.25) is 0 Å². The Labute approximate surface area is 180 Å². The summed E-state index contributed by atoms with van der Waals surface area (Å²) in [5, 5.41) is 24.0. The number of nitrogens with one attached hydrogen (secondary N) is 2. The lowest BCUT2D eigenvalue weighted by molar-refractivity contribution is -0.145. The average molecular weight is 434 g/mol. The predicted octanol–water partition coefficient (Wildman–Crippen LogP) is -0.998. The highest BCUT2D eigenvalue weighted by Crippen LogP contribution is 2.19. The van der Waals surface area contributed by atoms with Crippen LogP contribution in [0.5, 0.6) is 0 Å². The Bertz CT molecular complexity index is 800. The van der Waals surface area contributed by atoms with Gasteiger partial charge in [-0.15, -0.1) is 0 Å². The number of carbonyl (C=O) groups excluding carboxylic acids is 3. The van der Waals surface area contributed by atoms with Crippen molar-refractivity contribution in [2.75, 3.05) is 6.54 Å². The molecular weight excluding hydrogens is 404 g/mol. The molecular formula is C21H30N4O6. The first kappa shape index (κ1) is 24.3. The highest BCUT2D eigenvalue weighted by atomic mass is 16.4. The average Bonchev–Trinajstić information content (AvgIpc) is 3.21.